The zero-order valence-electron chi connectivity index (χ0n) is 19.4. The Morgan fingerprint density at radius 2 is 1.94 bits per heavy atom. The highest BCUT2D eigenvalue weighted by atomic mass is 16.5. The van der Waals surface area contributed by atoms with Gasteiger partial charge in [0.15, 0.2) is 0 Å². The molecule has 0 saturated heterocycles. The van der Waals surface area contributed by atoms with Gasteiger partial charge in [-0.05, 0) is 42.8 Å². The number of hydrazone groups is 1. The van der Waals surface area contributed by atoms with Gasteiger partial charge in [0, 0.05) is 23.2 Å². The van der Waals surface area contributed by atoms with Crippen LogP contribution < -0.4 is 10.2 Å². The number of hydrogen-bond acceptors (Lipinski definition) is 7. The van der Waals surface area contributed by atoms with Gasteiger partial charge in [-0.2, -0.15) is 15.5 Å². The van der Waals surface area contributed by atoms with Crippen LogP contribution in [0.3, 0.4) is 0 Å². The standard InChI is InChI=1S/C26H26N6O2/c1-4-14-33-22-12-10-19(11-13-22)24-20(17-32(31-24)21-8-6-5-7-9-21)16-28-30-26-23(15-27)29-25(34-26)18(2)3/h5-13,16-18,30H,4,14H2,1-3H3. The first-order chi connectivity index (χ1) is 16.6. The van der Waals surface area contributed by atoms with Crippen LogP contribution in [-0.2, 0) is 0 Å². The molecular weight excluding hydrogens is 428 g/mol. The molecule has 2 aromatic carbocycles. The van der Waals surface area contributed by atoms with Gasteiger partial charge in [0.25, 0.3) is 5.88 Å². The van der Waals surface area contributed by atoms with Crippen molar-refractivity contribution >= 4 is 12.1 Å². The molecule has 0 radical (unpaired) electrons. The monoisotopic (exact) mass is 454 g/mol. The van der Waals surface area contributed by atoms with Crippen molar-refractivity contribution in [3.05, 3.63) is 77.9 Å². The number of nitriles is 1. The number of rotatable bonds is 9. The molecule has 0 spiro atoms. The second kappa shape index (κ2) is 10.5. The van der Waals surface area contributed by atoms with Crippen LogP contribution >= 0.6 is 0 Å². The number of aromatic nitrogens is 3. The summed E-state index contributed by atoms with van der Waals surface area (Å²) in [5, 5.41) is 18.4. The minimum Gasteiger partial charge on any atom is -0.494 e. The van der Waals surface area contributed by atoms with Crippen LogP contribution in [0.15, 0.2) is 70.3 Å². The summed E-state index contributed by atoms with van der Waals surface area (Å²) >= 11 is 0. The summed E-state index contributed by atoms with van der Waals surface area (Å²) in [6.07, 6.45) is 4.51. The normalized spacial score (nSPS) is 11.1. The Bertz CT molecular complexity index is 1300. The number of benzene rings is 2. The van der Waals surface area contributed by atoms with Crippen LogP contribution in [-0.4, -0.2) is 27.6 Å². The molecule has 4 aromatic rings. The molecule has 0 aliphatic heterocycles. The van der Waals surface area contributed by atoms with Crippen LogP contribution in [0.5, 0.6) is 5.75 Å². The van der Waals surface area contributed by atoms with E-state index in [1.807, 2.05) is 85.4 Å². The molecule has 0 fully saturated rings. The van der Waals surface area contributed by atoms with Crippen molar-refractivity contribution in [2.24, 2.45) is 5.10 Å². The molecule has 2 aromatic heterocycles. The third-order valence-corrected chi connectivity index (χ3v) is 4.98. The Morgan fingerprint density at radius 1 is 1.18 bits per heavy atom. The third-order valence-electron chi connectivity index (χ3n) is 4.98. The number of hydrogen-bond donors (Lipinski definition) is 1. The number of anilines is 1. The van der Waals surface area contributed by atoms with Gasteiger partial charge in [0.1, 0.15) is 17.5 Å². The van der Waals surface area contributed by atoms with Crippen LogP contribution in [0.2, 0.25) is 0 Å². The van der Waals surface area contributed by atoms with E-state index in [2.05, 4.69) is 22.4 Å². The molecule has 172 valence electrons. The molecule has 0 atom stereocenters. The van der Waals surface area contributed by atoms with Crippen molar-refractivity contribution in [2.45, 2.75) is 33.1 Å². The Hall–Kier alpha value is -4.38. The molecule has 2 heterocycles. The summed E-state index contributed by atoms with van der Waals surface area (Å²) in [6.45, 7) is 6.65. The number of ether oxygens (including phenoxy) is 1. The minimum atomic E-state index is 0.0617. The topological polar surface area (TPSA) is 101 Å². The molecule has 0 unspecified atom stereocenters. The van der Waals surface area contributed by atoms with Crippen molar-refractivity contribution in [3.63, 3.8) is 0 Å². The van der Waals surface area contributed by atoms with E-state index in [9.17, 15) is 5.26 Å². The molecule has 0 aliphatic carbocycles. The quantitative estimate of drug-likeness (QED) is 0.255. The summed E-state index contributed by atoms with van der Waals surface area (Å²) in [7, 11) is 0. The maximum Gasteiger partial charge on any atom is 0.252 e. The molecular formula is C26H26N6O2. The fraction of sp³-hybridized carbons (Fsp3) is 0.231. The van der Waals surface area contributed by atoms with Gasteiger partial charge in [0.2, 0.25) is 11.6 Å². The van der Waals surface area contributed by atoms with Crippen LogP contribution in [0, 0.1) is 11.3 Å². The second-order valence-corrected chi connectivity index (χ2v) is 7.95. The number of nitrogens with zero attached hydrogens (tertiary/aromatic N) is 5. The third kappa shape index (κ3) is 5.15. The van der Waals surface area contributed by atoms with Crippen molar-refractivity contribution in [1.82, 2.24) is 14.8 Å². The second-order valence-electron chi connectivity index (χ2n) is 7.95. The average molecular weight is 455 g/mol. The summed E-state index contributed by atoms with van der Waals surface area (Å²) < 4.78 is 13.2. The Morgan fingerprint density at radius 3 is 2.62 bits per heavy atom. The lowest BCUT2D eigenvalue weighted by Crippen LogP contribution is -1.95. The van der Waals surface area contributed by atoms with E-state index in [-0.39, 0.29) is 17.5 Å². The van der Waals surface area contributed by atoms with Gasteiger partial charge in [0.05, 0.1) is 18.5 Å². The molecule has 0 saturated carbocycles. The summed E-state index contributed by atoms with van der Waals surface area (Å²) in [4.78, 5) is 4.20. The number of para-hydroxylation sites is 1. The van der Waals surface area contributed by atoms with Gasteiger partial charge < -0.3 is 9.15 Å². The fourth-order valence-corrected chi connectivity index (χ4v) is 3.24. The summed E-state index contributed by atoms with van der Waals surface area (Å²) in [5.74, 6) is 1.58. The lowest BCUT2D eigenvalue weighted by Gasteiger charge is -2.05. The van der Waals surface area contributed by atoms with E-state index in [1.54, 1.807) is 6.21 Å². The molecule has 4 rings (SSSR count). The predicted molar refractivity (Wildman–Crippen MR) is 131 cm³/mol. The molecule has 0 aliphatic rings. The summed E-state index contributed by atoms with van der Waals surface area (Å²) in [6, 6.07) is 19.7. The highest BCUT2D eigenvalue weighted by Crippen LogP contribution is 2.26. The lowest BCUT2D eigenvalue weighted by molar-refractivity contribution is 0.317. The van der Waals surface area contributed by atoms with Crippen LogP contribution in [0.1, 0.15) is 50.3 Å². The molecule has 0 amide bonds. The van der Waals surface area contributed by atoms with Crippen molar-refractivity contribution < 1.29 is 9.15 Å². The first-order valence-corrected chi connectivity index (χ1v) is 11.2. The first kappa shape index (κ1) is 22.8. The van der Waals surface area contributed by atoms with Gasteiger partial charge in [-0.3, -0.25) is 0 Å². The molecule has 8 heteroatoms. The number of nitrogens with one attached hydrogen (secondary N) is 1. The SMILES string of the molecule is CCCOc1ccc(-c2nn(-c3ccccc3)cc2C=NNc2oc(C(C)C)nc2C#N)cc1. The number of oxazole rings is 1. The van der Waals surface area contributed by atoms with Crippen molar-refractivity contribution in [2.75, 3.05) is 12.0 Å². The lowest BCUT2D eigenvalue weighted by atomic mass is 10.1. The smallest absolute Gasteiger partial charge is 0.252 e. The average Bonchev–Trinajstić information content (AvgIpc) is 3.48. The molecule has 8 nitrogen and oxygen atoms in total. The van der Waals surface area contributed by atoms with E-state index >= 15 is 0 Å². The predicted octanol–water partition coefficient (Wildman–Crippen LogP) is 5.76. The Kier molecular flexibility index (Phi) is 7.04. The Balaban J connectivity index is 1.64. The molecule has 0 bridgehead atoms. The van der Waals surface area contributed by atoms with Crippen molar-refractivity contribution in [1.29, 1.82) is 5.26 Å². The molecule has 34 heavy (non-hydrogen) atoms. The largest absolute Gasteiger partial charge is 0.494 e. The van der Waals surface area contributed by atoms with E-state index in [4.69, 9.17) is 14.3 Å². The van der Waals surface area contributed by atoms with Gasteiger partial charge in [-0.15, -0.1) is 0 Å². The highest BCUT2D eigenvalue weighted by Gasteiger charge is 2.15. The van der Waals surface area contributed by atoms with E-state index < -0.39 is 0 Å². The first-order valence-electron chi connectivity index (χ1n) is 11.2. The fourth-order valence-electron chi connectivity index (χ4n) is 3.24. The van der Waals surface area contributed by atoms with Crippen LogP contribution in [0.4, 0.5) is 5.88 Å². The maximum atomic E-state index is 9.34. The van der Waals surface area contributed by atoms with E-state index in [1.165, 1.54) is 0 Å². The highest BCUT2D eigenvalue weighted by molar-refractivity contribution is 5.89. The Labute approximate surface area is 198 Å². The van der Waals surface area contributed by atoms with E-state index in [0.717, 1.165) is 34.7 Å². The van der Waals surface area contributed by atoms with E-state index in [0.29, 0.717) is 12.5 Å². The van der Waals surface area contributed by atoms with Gasteiger partial charge in [-0.1, -0.05) is 39.0 Å². The summed E-state index contributed by atoms with van der Waals surface area (Å²) in [5.41, 5.74) is 6.40. The minimum absolute atomic E-state index is 0.0617. The van der Waals surface area contributed by atoms with Gasteiger partial charge in [-0.25, -0.2) is 15.1 Å². The van der Waals surface area contributed by atoms with Crippen LogP contribution in [0.25, 0.3) is 16.9 Å². The van der Waals surface area contributed by atoms with Crippen molar-refractivity contribution in [3.8, 4) is 28.8 Å². The zero-order chi connectivity index (χ0) is 23.9. The maximum absolute atomic E-state index is 9.34. The zero-order valence-corrected chi connectivity index (χ0v) is 19.4. The molecule has 1 N–H and O–H groups in total. The van der Waals surface area contributed by atoms with Gasteiger partial charge >= 0.3 is 0 Å².